The first kappa shape index (κ1) is 20.2. The van der Waals surface area contributed by atoms with Crippen molar-refractivity contribution >= 4 is 5.91 Å². The number of rotatable bonds is 7. The molecular formula is C22H34N2O3. The van der Waals surface area contributed by atoms with Crippen molar-refractivity contribution in [3.8, 4) is 5.75 Å². The normalized spacial score (nSPS) is 21.4. The fourth-order valence-corrected chi connectivity index (χ4v) is 4.31. The number of carbonyl (C=O) groups is 1. The third-order valence-electron chi connectivity index (χ3n) is 6.30. The number of β-amino-alcohol motifs (C(OH)–C–C–N with tert-alkyl or cyclic N) is 1. The zero-order valence-corrected chi connectivity index (χ0v) is 16.8. The van der Waals surface area contributed by atoms with Crippen LogP contribution in [0.15, 0.2) is 24.3 Å². The van der Waals surface area contributed by atoms with Gasteiger partial charge in [0.15, 0.2) is 0 Å². The van der Waals surface area contributed by atoms with Crippen LogP contribution in [0.2, 0.25) is 0 Å². The van der Waals surface area contributed by atoms with E-state index in [4.69, 9.17) is 4.74 Å². The van der Waals surface area contributed by atoms with E-state index >= 15 is 0 Å². The van der Waals surface area contributed by atoms with Crippen molar-refractivity contribution in [2.24, 2.45) is 5.41 Å². The smallest absolute Gasteiger partial charge is 0.222 e. The number of ether oxygens (including phenoxy) is 1. The van der Waals surface area contributed by atoms with Crippen LogP contribution in [-0.4, -0.2) is 59.7 Å². The highest BCUT2D eigenvalue weighted by Crippen LogP contribution is 2.40. The number of hydrogen-bond acceptors (Lipinski definition) is 4. The lowest BCUT2D eigenvalue weighted by Crippen LogP contribution is -2.51. The summed E-state index contributed by atoms with van der Waals surface area (Å²) >= 11 is 0. The minimum absolute atomic E-state index is 0.0565. The van der Waals surface area contributed by atoms with Crippen molar-refractivity contribution < 1.29 is 14.6 Å². The second kappa shape index (κ2) is 9.07. The van der Waals surface area contributed by atoms with Crippen molar-refractivity contribution in [2.75, 3.05) is 32.8 Å². The number of para-hydroxylation sites is 1. The number of benzene rings is 1. The Morgan fingerprint density at radius 3 is 2.67 bits per heavy atom. The minimum atomic E-state index is 0.0565. The first-order valence-corrected chi connectivity index (χ1v) is 10.4. The monoisotopic (exact) mass is 374 g/mol. The molecule has 0 aromatic heterocycles. The third kappa shape index (κ3) is 5.02. The van der Waals surface area contributed by atoms with Gasteiger partial charge in [-0.3, -0.25) is 9.69 Å². The van der Waals surface area contributed by atoms with Gasteiger partial charge in [-0.1, -0.05) is 25.1 Å². The highest BCUT2D eigenvalue weighted by atomic mass is 16.5. The average molecular weight is 375 g/mol. The Balaban J connectivity index is 1.58. The lowest BCUT2D eigenvalue weighted by Gasteiger charge is -2.47. The maximum Gasteiger partial charge on any atom is 0.222 e. The van der Waals surface area contributed by atoms with E-state index in [9.17, 15) is 9.90 Å². The molecule has 2 aliphatic heterocycles. The molecule has 1 amide bonds. The third-order valence-corrected chi connectivity index (χ3v) is 6.30. The quantitative estimate of drug-likeness (QED) is 0.797. The van der Waals surface area contributed by atoms with Gasteiger partial charge >= 0.3 is 0 Å². The van der Waals surface area contributed by atoms with Gasteiger partial charge in [-0.15, -0.1) is 0 Å². The van der Waals surface area contributed by atoms with Crippen molar-refractivity contribution in [2.45, 2.75) is 58.6 Å². The molecule has 1 aromatic rings. The average Bonchev–Trinajstić information content (AvgIpc) is 2.68. The molecule has 2 heterocycles. The second-order valence-corrected chi connectivity index (χ2v) is 8.26. The molecule has 0 radical (unpaired) electrons. The number of aliphatic hydroxyl groups is 1. The van der Waals surface area contributed by atoms with Crippen molar-refractivity contribution in [1.29, 1.82) is 0 Å². The maximum atomic E-state index is 12.1. The van der Waals surface area contributed by atoms with Gasteiger partial charge in [0, 0.05) is 31.6 Å². The van der Waals surface area contributed by atoms with Crippen LogP contribution in [0, 0.1) is 5.41 Å². The first-order valence-electron chi connectivity index (χ1n) is 10.4. The molecule has 1 unspecified atom stereocenters. The molecule has 1 atom stereocenters. The molecule has 1 aromatic carbocycles. The van der Waals surface area contributed by atoms with E-state index in [0.717, 1.165) is 57.6 Å². The summed E-state index contributed by atoms with van der Waals surface area (Å²) in [7, 11) is 0. The van der Waals surface area contributed by atoms with Crippen LogP contribution in [0.5, 0.6) is 5.75 Å². The summed E-state index contributed by atoms with van der Waals surface area (Å²) in [4.78, 5) is 16.4. The number of hydrogen-bond donors (Lipinski definition) is 1. The SMILES string of the molecule is CCC(C)Oc1ccccc1CN1CCC2(CCC(=O)N(CCO)C2)CC1. The van der Waals surface area contributed by atoms with Gasteiger partial charge in [0.1, 0.15) is 5.75 Å². The Kier molecular flexibility index (Phi) is 6.77. The van der Waals surface area contributed by atoms with Crippen molar-refractivity contribution in [3.05, 3.63) is 29.8 Å². The molecule has 0 saturated carbocycles. The largest absolute Gasteiger partial charge is 0.490 e. The summed E-state index contributed by atoms with van der Waals surface area (Å²) in [5.41, 5.74) is 1.50. The summed E-state index contributed by atoms with van der Waals surface area (Å²) in [6.07, 6.45) is 5.10. The zero-order chi connectivity index (χ0) is 19.3. The molecule has 27 heavy (non-hydrogen) atoms. The van der Waals surface area contributed by atoms with Gasteiger partial charge in [-0.05, 0) is 57.2 Å². The Morgan fingerprint density at radius 1 is 1.22 bits per heavy atom. The van der Waals surface area contributed by atoms with E-state index in [1.54, 1.807) is 0 Å². The van der Waals surface area contributed by atoms with E-state index in [2.05, 4.69) is 36.9 Å². The highest BCUT2D eigenvalue weighted by Gasteiger charge is 2.40. The molecule has 0 bridgehead atoms. The fraction of sp³-hybridized carbons (Fsp3) is 0.682. The van der Waals surface area contributed by atoms with E-state index in [0.29, 0.717) is 13.0 Å². The van der Waals surface area contributed by atoms with E-state index in [1.807, 2.05) is 11.0 Å². The fourth-order valence-electron chi connectivity index (χ4n) is 4.31. The van der Waals surface area contributed by atoms with E-state index < -0.39 is 0 Å². The first-order chi connectivity index (χ1) is 13.0. The molecule has 0 aliphatic carbocycles. The molecular weight excluding hydrogens is 340 g/mol. The number of nitrogens with zero attached hydrogens (tertiary/aromatic N) is 2. The van der Waals surface area contributed by atoms with Gasteiger partial charge in [0.05, 0.1) is 12.7 Å². The van der Waals surface area contributed by atoms with Crippen molar-refractivity contribution in [3.63, 3.8) is 0 Å². The van der Waals surface area contributed by atoms with E-state index in [1.165, 1.54) is 5.56 Å². The predicted octanol–water partition coefficient (Wildman–Crippen LogP) is 3.06. The molecule has 1 N–H and O–H groups in total. The summed E-state index contributed by atoms with van der Waals surface area (Å²) in [5, 5.41) is 9.22. The lowest BCUT2D eigenvalue weighted by molar-refractivity contribution is -0.139. The highest BCUT2D eigenvalue weighted by molar-refractivity contribution is 5.77. The standard InChI is InChI=1S/C22H34N2O3/c1-3-18(2)27-20-7-5-4-6-19(20)16-23-12-10-22(11-13-23)9-8-21(26)24(17-22)14-15-25/h4-7,18,25H,3,8-17H2,1-2H3. The topological polar surface area (TPSA) is 53.0 Å². The van der Waals surface area contributed by atoms with Crippen LogP contribution in [-0.2, 0) is 11.3 Å². The summed E-state index contributed by atoms with van der Waals surface area (Å²) < 4.78 is 6.10. The van der Waals surface area contributed by atoms with Crippen LogP contribution in [0.1, 0.15) is 51.5 Å². The van der Waals surface area contributed by atoms with Gasteiger partial charge in [-0.25, -0.2) is 0 Å². The van der Waals surface area contributed by atoms with Crippen LogP contribution in [0.25, 0.3) is 0 Å². The summed E-state index contributed by atoms with van der Waals surface area (Å²) in [6.45, 7) is 8.63. The molecule has 150 valence electrons. The van der Waals surface area contributed by atoms with E-state index in [-0.39, 0.29) is 24.0 Å². The molecule has 2 saturated heterocycles. The molecule has 5 nitrogen and oxygen atoms in total. The van der Waals surface area contributed by atoms with Crippen LogP contribution in [0.3, 0.4) is 0 Å². The van der Waals surface area contributed by atoms with Gasteiger partial charge in [0.25, 0.3) is 0 Å². The lowest BCUT2D eigenvalue weighted by atomic mass is 9.72. The van der Waals surface area contributed by atoms with Gasteiger partial charge in [0.2, 0.25) is 5.91 Å². The Hall–Kier alpha value is -1.59. The summed E-state index contributed by atoms with van der Waals surface area (Å²) in [5.74, 6) is 1.21. The Bertz CT molecular complexity index is 626. The minimum Gasteiger partial charge on any atom is -0.490 e. The summed E-state index contributed by atoms with van der Waals surface area (Å²) in [6, 6.07) is 8.38. The Labute approximate surface area is 163 Å². The molecule has 3 rings (SSSR count). The van der Waals surface area contributed by atoms with Crippen LogP contribution in [0.4, 0.5) is 0 Å². The van der Waals surface area contributed by atoms with Crippen molar-refractivity contribution in [1.82, 2.24) is 9.80 Å². The van der Waals surface area contributed by atoms with Gasteiger partial charge in [-0.2, -0.15) is 0 Å². The molecule has 5 heteroatoms. The number of amides is 1. The Morgan fingerprint density at radius 2 is 1.96 bits per heavy atom. The predicted molar refractivity (Wildman–Crippen MR) is 107 cm³/mol. The number of carbonyl (C=O) groups excluding carboxylic acids is 1. The molecule has 2 fully saturated rings. The van der Waals surface area contributed by atoms with Crippen LogP contribution < -0.4 is 4.74 Å². The maximum absolute atomic E-state index is 12.1. The number of likely N-dealkylation sites (tertiary alicyclic amines) is 2. The van der Waals surface area contributed by atoms with Gasteiger partial charge < -0.3 is 14.7 Å². The zero-order valence-electron chi connectivity index (χ0n) is 16.8. The molecule has 1 spiro atoms. The number of piperidine rings is 2. The molecule has 2 aliphatic rings. The second-order valence-electron chi connectivity index (χ2n) is 8.26. The van der Waals surface area contributed by atoms with Crippen LogP contribution >= 0.6 is 0 Å². The number of aliphatic hydroxyl groups excluding tert-OH is 1.